The molecule has 0 aliphatic heterocycles. The summed E-state index contributed by atoms with van der Waals surface area (Å²) in [4.78, 5) is 11.0. The molecule has 2 unspecified atom stereocenters. The minimum absolute atomic E-state index is 0.481. The van der Waals surface area contributed by atoms with Crippen molar-refractivity contribution in [3.63, 3.8) is 0 Å². The lowest BCUT2D eigenvalue weighted by Gasteiger charge is -2.42. The first-order valence-electron chi connectivity index (χ1n) is 21.5. The van der Waals surface area contributed by atoms with Crippen LogP contribution in [0.2, 0.25) is 0 Å². The SMILES string of the molecule is Cc1ccc(CC(C2CCCCC2)C(Nc2ccc(N=C(C(=Nc3ccc(N)cc3)C3CCCCC3)C3CCCCC3)cc2)C2CCCCC2)cc1. The summed E-state index contributed by atoms with van der Waals surface area (Å²) in [5.41, 5.74) is 15.6. The zero-order chi connectivity index (χ0) is 35.5. The molecule has 3 N–H and O–H groups in total. The van der Waals surface area contributed by atoms with E-state index in [0.29, 0.717) is 23.8 Å². The molecule has 4 heteroatoms. The molecular weight excluding hydrogens is 633 g/mol. The summed E-state index contributed by atoms with van der Waals surface area (Å²) in [6.45, 7) is 2.21. The Morgan fingerprint density at radius 3 is 1.50 bits per heavy atom. The van der Waals surface area contributed by atoms with E-state index in [0.717, 1.165) is 28.9 Å². The van der Waals surface area contributed by atoms with E-state index in [1.165, 1.54) is 163 Å². The van der Waals surface area contributed by atoms with E-state index in [4.69, 9.17) is 15.7 Å². The molecular formula is C48H66N4. The number of benzene rings is 3. The predicted octanol–water partition coefficient (Wildman–Crippen LogP) is 13.4. The van der Waals surface area contributed by atoms with Gasteiger partial charge in [0.2, 0.25) is 0 Å². The number of aryl methyl sites for hydroxylation is 1. The molecule has 2 atom stereocenters. The molecule has 4 aliphatic carbocycles. The maximum absolute atomic E-state index is 6.08. The lowest BCUT2D eigenvalue weighted by Crippen LogP contribution is -2.42. The Morgan fingerprint density at radius 1 is 0.558 bits per heavy atom. The quantitative estimate of drug-likeness (QED) is 0.146. The molecule has 0 heterocycles. The first kappa shape index (κ1) is 36.9. The first-order valence-corrected chi connectivity index (χ1v) is 21.5. The molecule has 4 nitrogen and oxygen atoms in total. The number of nitrogens with one attached hydrogen (secondary N) is 1. The van der Waals surface area contributed by atoms with Crippen LogP contribution in [-0.4, -0.2) is 17.5 Å². The number of hydrogen-bond donors (Lipinski definition) is 2. The Morgan fingerprint density at radius 2 is 1.00 bits per heavy atom. The van der Waals surface area contributed by atoms with Crippen molar-refractivity contribution in [1.29, 1.82) is 0 Å². The summed E-state index contributed by atoms with van der Waals surface area (Å²) in [7, 11) is 0. The predicted molar refractivity (Wildman–Crippen MR) is 224 cm³/mol. The average Bonchev–Trinajstić information content (AvgIpc) is 3.21. The van der Waals surface area contributed by atoms with Crippen LogP contribution in [0.3, 0.4) is 0 Å². The van der Waals surface area contributed by atoms with E-state index in [1.807, 2.05) is 12.1 Å². The second kappa shape index (κ2) is 18.6. The Hall–Kier alpha value is -3.40. The van der Waals surface area contributed by atoms with Crippen molar-refractivity contribution < 1.29 is 0 Å². The molecule has 3 aromatic carbocycles. The second-order valence-corrected chi connectivity index (χ2v) is 17.1. The number of nitrogen functional groups attached to an aromatic ring is 1. The van der Waals surface area contributed by atoms with Gasteiger partial charge in [-0.2, -0.15) is 0 Å². The average molecular weight is 699 g/mol. The topological polar surface area (TPSA) is 62.8 Å². The molecule has 0 aromatic heterocycles. The van der Waals surface area contributed by atoms with Crippen LogP contribution in [0.5, 0.6) is 0 Å². The van der Waals surface area contributed by atoms with Crippen molar-refractivity contribution in [3.05, 3.63) is 83.9 Å². The van der Waals surface area contributed by atoms with Gasteiger partial charge in [0.1, 0.15) is 0 Å². The summed E-state index contributed by atoms with van der Waals surface area (Å²) in [6, 6.07) is 27.3. The lowest BCUT2D eigenvalue weighted by molar-refractivity contribution is 0.169. The highest BCUT2D eigenvalue weighted by molar-refractivity contribution is 6.44. The van der Waals surface area contributed by atoms with Crippen molar-refractivity contribution in [2.24, 2.45) is 39.6 Å². The van der Waals surface area contributed by atoms with Gasteiger partial charge in [0.25, 0.3) is 0 Å². The molecule has 4 aliphatic rings. The molecule has 0 bridgehead atoms. The fourth-order valence-corrected chi connectivity index (χ4v) is 10.3. The maximum Gasteiger partial charge on any atom is 0.0659 e. The third kappa shape index (κ3) is 9.97. The highest BCUT2D eigenvalue weighted by Gasteiger charge is 2.36. The molecule has 52 heavy (non-hydrogen) atoms. The van der Waals surface area contributed by atoms with Gasteiger partial charge in [-0.05, 0) is 124 Å². The summed E-state index contributed by atoms with van der Waals surface area (Å²) in [5.74, 6) is 3.16. The van der Waals surface area contributed by atoms with Crippen LogP contribution < -0.4 is 11.1 Å². The number of nitrogens with zero attached hydrogens (tertiary/aromatic N) is 2. The molecule has 0 spiro atoms. The van der Waals surface area contributed by atoms with Gasteiger partial charge in [-0.25, -0.2) is 0 Å². The van der Waals surface area contributed by atoms with Crippen molar-refractivity contribution in [1.82, 2.24) is 0 Å². The second-order valence-electron chi connectivity index (χ2n) is 17.1. The molecule has 3 aromatic rings. The van der Waals surface area contributed by atoms with E-state index in [-0.39, 0.29) is 0 Å². The minimum atomic E-state index is 0.481. The molecule has 278 valence electrons. The molecule has 4 fully saturated rings. The number of hydrogen-bond acceptors (Lipinski definition) is 4. The fourth-order valence-electron chi connectivity index (χ4n) is 10.3. The van der Waals surface area contributed by atoms with E-state index in [2.05, 4.69) is 72.9 Å². The van der Waals surface area contributed by atoms with E-state index in [1.54, 1.807) is 0 Å². The third-order valence-corrected chi connectivity index (χ3v) is 13.3. The number of anilines is 2. The summed E-state index contributed by atoms with van der Waals surface area (Å²) >= 11 is 0. The van der Waals surface area contributed by atoms with Gasteiger partial charge >= 0.3 is 0 Å². The monoisotopic (exact) mass is 699 g/mol. The standard InChI is InChI=1S/C48H66N4/c1-35-22-24-36(25-23-35)34-45(37-14-6-2-7-15-37)46(38-16-8-3-9-17-38)50-43-30-32-44(33-31-43)52-48(40-20-12-5-13-21-40)47(39-18-10-4-11-19-39)51-42-28-26-41(49)27-29-42/h22-33,37-40,45-46,50H,2-21,34,49H2,1H3. The molecule has 7 rings (SSSR count). The van der Waals surface area contributed by atoms with Crippen LogP contribution in [0.15, 0.2) is 82.8 Å². The normalized spacial score (nSPS) is 21.9. The smallest absolute Gasteiger partial charge is 0.0659 e. The Balaban J connectivity index is 1.19. The zero-order valence-electron chi connectivity index (χ0n) is 32.2. The van der Waals surface area contributed by atoms with Gasteiger partial charge < -0.3 is 11.1 Å². The van der Waals surface area contributed by atoms with Crippen LogP contribution in [0.1, 0.15) is 140 Å². The van der Waals surface area contributed by atoms with Crippen molar-refractivity contribution >= 4 is 34.2 Å². The summed E-state index contributed by atoms with van der Waals surface area (Å²) in [5, 5.41) is 4.25. The Kier molecular flexibility index (Phi) is 13.2. The highest BCUT2D eigenvalue weighted by Crippen LogP contribution is 2.41. The van der Waals surface area contributed by atoms with Crippen LogP contribution in [-0.2, 0) is 6.42 Å². The van der Waals surface area contributed by atoms with Gasteiger partial charge in [0.05, 0.1) is 22.8 Å². The van der Waals surface area contributed by atoms with Crippen LogP contribution in [0.4, 0.5) is 22.7 Å². The fraction of sp³-hybridized carbons (Fsp3) is 0.583. The van der Waals surface area contributed by atoms with Crippen LogP contribution in [0.25, 0.3) is 0 Å². The van der Waals surface area contributed by atoms with E-state index < -0.39 is 0 Å². The highest BCUT2D eigenvalue weighted by atomic mass is 14.9. The largest absolute Gasteiger partial charge is 0.399 e. The van der Waals surface area contributed by atoms with E-state index >= 15 is 0 Å². The van der Waals surface area contributed by atoms with Crippen molar-refractivity contribution in [2.75, 3.05) is 11.1 Å². The Labute approximate surface area is 315 Å². The summed E-state index contributed by atoms with van der Waals surface area (Å²) in [6.07, 6.45) is 27.8. The zero-order valence-corrected chi connectivity index (χ0v) is 32.2. The molecule has 0 saturated heterocycles. The number of aliphatic imine (C=N–C) groups is 2. The number of rotatable bonds is 12. The number of nitrogens with two attached hydrogens (primary N) is 1. The van der Waals surface area contributed by atoms with Crippen LogP contribution >= 0.6 is 0 Å². The molecule has 0 amide bonds. The molecule has 0 radical (unpaired) electrons. The lowest BCUT2D eigenvalue weighted by atomic mass is 9.68. The first-order chi connectivity index (χ1) is 25.6. The van der Waals surface area contributed by atoms with Gasteiger partial charge in [0, 0.05) is 29.3 Å². The van der Waals surface area contributed by atoms with Gasteiger partial charge in [-0.1, -0.05) is 120 Å². The van der Waals surface area contributed by atoms with Gasteiger partial charge in [0.15, 0.2) is 0 Å². The minimum Gasteiger partial charge on any atom is -0.399 e. The van der Waals surface area contributed by atoms with Crippen LogP contribution in [0, 0.1) is 36.5 Å². The maximum atomic E-state index is 6.08. The van der Waals surface area contributed by atoms with Crippen molar-refractivity contribution in [2.45, 2.75) is 148 Å². The van der Waals surface area contributed by atoms with Gasteiger partial charge in [-0.15, -0.1) is 0 Å². The third-order valence-electron chi connectivity index (χ3n) is 13.3. The van der Waals surface area contributed by atoms with Crippen molar-refractivity contribution in [3.8, 4) is 0 Å². The Bertz CT molecular complexity index is 1560. The molecule has 4 saturated carbocycles. The summed E-state index contributed by atoms with van der Waals surface area (Å²) < 4.78 is 0. The van der Waals surface area contributed by atoms with E-state index in [9.17, 15) is 0 Å². The van der Waals surface area contributed by atoms with Gasteiger partial charge in [-0.3, -0.25) is 9.98 Å².